The van der Waals surface area contributed by atoms with E-state index in [9.17, 15) is 0 Å². The summed E-state index contributed by atoms with van der Waals surface area (Å²) >= 11 is 0. The molecule has 105 valence electrons. The van der Waals surface area contributed by atoms with Crippen LogP contribution >= 0.6 is 0 Å². The molecule has 0 aromatic rings. The minimum atomic E-state index is 1.09. The molecule has 0 unspecified atom stereocenters. The van der Waals surface area contributed by atoms with E-state index in [1.807, 2.05) is 6.08 Å². The maximum atomic E-state index is 3.86. The molecule has 0 N–H and O–H groups in total. The molecule has 0 atom stereocenters. The van der Waals surface area contributed by atoms with Crippen molar-refractivity contribution >= 4 is 0 Å². The molecule has 0 bridgehead atoms. The molecular weight excluding hydrogens is 216 g/mol. The average molecular weight is 249 g/mol. The van der Waals surface area contributed by atoms with Crippen LogP contribution in [0.15, 0.2) is 24.8 Å². The summed E-state index contributed by atoms with van der Waals surface area (Å²) in [5.41, 5.74) is 0. The van der Waals surface area contributed by atoms with E-state index in [4.69, 9.17) is 0 Å². The van der Waals surface area contributed by atoms with Gasteiger partial charge in [0.25, 0.3) is 0 Å². The first-order chi connectivity index (χ1) is 8.91. The molecule has 0 saturated carbocycles. The van der Waals surface area contributed by atoms with E-state index >= 15 is 0 Å². The molecule has 0 spiro atoms. The predicted octanol–water partition coefficient (Wildman–Crippen LogP) is 6.63. The maximum Gasteiger partial charge on any atom is -0.0351 e. The van der Waals surface area contributed by atoms with Crippen LogP contribution in [-0.2, 0) is 0 Å². The van der Waals surface area contributed by atoms with Gasteiger partial charge in [-0.2, -0.15) is 0 Å². The number of hydrogen-bond acceptors (Lipinski definition) is 0. The lowest BCUT2D eigenvalue weighted by molar-refractivity contribution is 0.599. The van der Waals surface area contributed by atoms with E-state index in [2.05, 4.69) is 25.7 Å². The highest BCUT2D eigenvalue weighted by Crippen LogP contribution is 2.09. The topological polar surface area (TPSA) is 0 Å². The lowest BCUT2D eigenvalue weighted by Gasteiger charge is -1.99. The monoisotopic (exact) mass is 249 g/mol. The number of allylic oxidation sites excluding steroid dienone is 3. The third kappa shape index (κ3) is 15.5. The third-order valence-corrected chi connectivity index (χ3v) is 3.32. The van der Waals surface area contributed by atoms with Crippen molar-refractivity contribution < 1.29 is 0 Å². The lowest BCUT2D eigenvalue weighted by Crippen LogP contribution is -1.79. The Morgan fingerprint density at radius 2 is 1.00 bits per heavy atom. The highest BCUT2D eigenvalue weighted by atomic mass is 14.0. The molecule has 0 nitrogen and oxygen atoms in total. The quantitative estimate of drug-likeness (QED) is 0.239. The molecule has 0 aromatic heterocycles. The van der Waals surface area contributed by atoms with Gasteiger partial charge >= 0.3 is 0 Å². The Bertz CT molecular complexity index is 178. The van der Waals surface area contributed by atoms with Crippen molar-refractivity contribution in [3.05, 3.63) is 31.7 Å². The minimum absolute atomic E-state index is 1.09. The first kappa shape index (κ1) is 17.5. The van der Waals surface area contributed by atoms with Gasteiger partial charge in [0, 0.05) is 0 Å². The smallest absolute Gasteiger partial charge is 0.0351 e. The van der Waals surface area contributed by atoms with E-state index in [-0.39, 0.29) is 0 Å². The number of unbranched alkanes of at least 4 members (excludes halogenated alkanes) is 11. The second-order valence-corrected chi connectivity index (χ2v) is 5.16. The SMILES string of the molecule is [CH2]CCCCCC=CCCCCCCCCC=C. The zero-order chi connectivity index (χ0) is 13.3. The van der Waals surface area contributed by atoms with Gasteiger partial charge in [-0.3, -0.25) is 0 Å². The Balaban J connectivity index is 3.01. The summed E-state index contributed by atoms with van der Waals surface area (Å²) in [5.74, 6) is 0. The van der Waals surface area contributed by atoms with Crippen molar-refractivity contribution in [3.63, 3.8) is 0 Å². The fourth-order valence-electron chi connectivity index (χ4n) is 2.11. The summed E-state index contributed by atoms with van der Waals surface area (Å²) < 4.78 is 0. The largest absolute Gasteiger partial charge is 0.103 e. The molecule has 0 aliphatic rings. The molecular formula is C18H33. The Labute approximate surface area is 116 Å². The summed E-state index contributed by atoms with van der Waals surface area (Å²) in [6.07, 6.45) is 23.9. The van der Waals surface area contributed by atoms with Crippen molar-refractivity contribution in [1.82, 2.24) is 0 Å². The van der Waals surface area contributed by atoms with Crippen molar-refractivity contribution in [2.45, 2.75) is 83.5 Å². The van der Waals surface area contributed by atoms with E-state index in [0.717, 1.165) is 6.42 Å². The van der Waals surface area contributed by atoms with E-state index in [1.165, 1.54) is 77.0 Å². The molecule has 0 fully saturated rings. The van der Waals surface area contributed by atoms with E-state index in [0.29, 0.717) is 0 Å². The van der Waals surface area contributed by atoms with Gasteiger partial charge in [0.05, 0.1) is 0 Å². The summed E-state index contributed by atoms with van der Waals surface area (Å²) in [6, 6.07) is 0. The van der Waals surface area contributed by atoms with Crippen molar-refractivity contribution in [1.29, 1.82) is 0 Å². The van der Waals surface area contributed by atoms with Crippen molar-refractivity contribution in [3.8, 4) is 0 Å². The normalized spacial score (nSPS) is 11.2. The molecule has 1 radical (unpaired) electrons. The van der Waals surface area contributed by atoms with Crippen LogP contribution in [0, 0.1) is 6.92 Å². The predicted molar refractivity (Wildman–Crippen MR) is 84.7 cm³/mol. The summed E-state index contributed by atoms with van der Waals surface area (Å²) in [5, 5.41) is 0. The molecule has 0 aliphatic heterocycles. The summed E-state index contributed by atoms with van der Waals surface area (Å²) in [6.45, 7) is 7.61. The van der Waals surface area contributed by atoms with Crippen LogP contribution in [0.5, 0.6) is 0 Å². The molecule has 0 amide bonds. The molecule has 0 heteroatoms. The van der Waals surface area contributed by atoms with E-state index in [1.54, 1.807) is 0 Å². The second-order valence-electron chi connectivity index (χ2n) is 5.16. The fraction of sp³-hybridized carbons (Fsp3) is 0.722. The molecule has 0 aromatic carbocycles. The molecule has 0 heterocycles. The standard InChI is InChI=1S/C18H33/c1-3-5-7-9-11-13-15-17-18-16-14-12-10-8-6-4-2/h3,14,16H,1-2,4-13,15,17-18H2. The molecule has 0 aliphatic carbocycles. The molecule has 0 rings (SSSR count). The van der Waals surface area contributed by atoms with Crippen LogP contribution in [0.2, 0.25) is 0 Å². The van der Waals surface area contributed by atoms with Gasteiger partial charge in [0.2, 0.25) is 0 Å². The number of hydrogen-bond donors (Lipinski definition) is 0. The fourth-order valence-corrected chi connectivity index (χ4v) is 2.11. The van der Waals surface area contributed by atoms with Gasteiger partial charge < -0.3 is 0 Å². The van der Waals surface area contributed by atoms with Gasteiger partial charge in [-0.15, -0.1) is 6.58 Å². The highest BCUT2D eigenvalue weighted by molar-refractivity contribution is 4.81. The van der Waals surface area contributed by atoms with Crippen LogP contribution in [0.4, 0.5) is 0 Å². The Morgan fingerprint density at radius 1 is 0.556 bits per heavy atom. The van der Waals surface area contributed by atoms with Crippen LogP contribution in [-0.4, -0.2) is 0 Å². The van der Waals surface area contributed by atoms with Gasteiger partial charge in [-0.05, 0) is 38.5 Å². The molecule has 18 heavy (non-hydrogen) atoms. The van der Waals surface area contributed by atoms with E-state index < -0.39 is 0 Å². The first-order valence-corrected chi connectivity index (χ1v) is 7.97. The first-order valence-electron chi connectivity index (χ1n) is 7.97. The second kappa shape index (κ2) is 16.5. The zero-order valence-corrected chi connectivity index (χ0v) is 12.3. The van der Waals surface area contributed by atoms with Gasteiger partial charge in [-0.25, -0.2) is 0 Å². The third-order valence-electron chi connectivity index (χ3n) is 3.32. The summed E-state index contributed by atoms with van der Waals surface area (Å²) in [7, 11) is 0. The minimum Gasteiger partial charge on any atom is -0.103 e. The van der Waals surface area contributed by atoms with Crippen molar-refractivity contribution in [2.75, 3.05) is 0 Å². The van der Waals surface area contributed by atoms with Crippen LogP contribution in [0.1, 0.15) is 83.5 Å². The zero-order valence-electron chi connectivity index (χ0n) is 12.3. The van der Waals surface area contributed by atoms with Gasteiger partial charge in [0.1, 0.15) is 0 Å². The highest BCUT2D eigenvalue weighted by Gasteiger charge is 1.90. The van der Waals surface area contributed by atoms with Crippen molar-refractivity contribution in [2.24, 2.45) is 0 Å². The Kier molecular flexibility index (Phi) is 16.0. The molecule has 0 saturated heterocycles. The Morgan fingerprint density at radius 3 is 1.50 bits per heavy atom. The Hall–Kier alpha value is -0.520. The van der Waals surface area contributed by atoms with Gasteiger partial charge in [0.15, 0.2) is 0 Å². The van der Waals surface area contributed by atoms with Crippen LogP contribution < -0.4 is 0 Å². The average Bonchev–Trinajstić information content (AvgIpc) is 2.39. The van der Waals surface area contributed by atoms with Gasteiger partial charge in [-0.1, -0.05) is 70.1 Å². The number of rotatable bonds is 14. The van der Waals surface area contributed by atoms with Crippen LogP contribution in [0.3, 0.4) is 0 Å². The lowest BCUT2D eigenvalue weighted by atomic mass is 10.1. The maximum absolute atomic E-state index is 3.86. The summed E-state index contributed by atoms with van der Waals surface area (Å²) in [4.78, 5) is 0. The van der Waals surface area contributed by atoms with Crippen LogP contribution in [0.25, 0.3) is 0 Å².